The van der Waals surface area contributed by atoms with Crippen molar-refractivity contribution in [1.82, 2.24) is 4.90 Å². The molecule has 0 unspecified atom stereocenters. The number of aliphatic carboxylic acids is 1. The Hall–Kier alpha value is -1.60. The Bertz CT molecular complexity index is 594. The second-order valence-electron chi connectivity index (χ2n) is 4.72. The maximum absolute atomic E-state index is 12.4. The summed E-state index contributed by atoms with van der Waals surface area (Å²) < 4.78 is 5.39. The summed E-state index contributed by atoms with van der Waals surface area (Å²) in [7, 11) is 0. The van der Waals surface area contributed by atoms with Gasteiger partial charge in [0.2, 0.25) is 0 Å². The molecule has 1 fully saturated rings. The molecule has 0 spiro atoms. The predicted octanol–water partition coefficient (Wildman–Crippen LogP) is 1.65. The topological polar surface area (TPSA) is 73.6 Å². The third-order valence-electron chi connectivity index (χ3n) is 3.34. The van der Waals surface area contributed by atoms with Gasteiger partial charge in [-0.05, 0) is 18.1 Å². The van der Waals surface area contributed by atoms with Gasteiger partial charge in [-0.25, -0.2) is 0 Å². The normalized spacial score (nSPS) is 20.1. The molecule has 0 radical (unpaired) electrons. The van der Waals surface area contributed by atoms with Crippen LogP contribution in [0.15, 0.2) is 27.7 Å². The van der Waals surface area contributed by atoms with Gasteiger partial charge >= 0.3 is 0 Å². The second-order valence-corrected chi connectivity index (χ2v) is 6.39. The molecule has 2 rings (SSSR count). The zero-order valence-electron chi connectivity index (χ0n) is 11.6. The van der Waals surface area contributed by atoms with E-state index in [4.69, 9.17) is 16.6 Å². The van der Waals surface area contributed by atoms with E-state index in [0.717, 1.165) is 16.7 Å². The van der Waals surface area contributed by atoms with Gasteiger partial charge in [0.25, 0.3) is 5.91 Å². The molecular formula is C14H14NO4S2-. The van der Waals surface area contributed by atoms with Crippen LogP contribution in [0.2, 0.25) is 0 Å². The molecule has 1 aromatic heterocycles. The van der Waals surface area contributed by atoms with Crippen LogP contribution in [0.5, 0.6) is 0 Å². The van der Waals surface area contributed by atoms with Gasteiger partial charge in [0.1, 0.15) is 10.1 Å². The fourth-order valence-electron chi connectivity index (χ4n) is 2.04. The number of hydrogen-bond acceptors (Lipinski definition) is 6. The molecule has 1 aliphatic heterocycles. The van der Waals surface area contributed by atoms with E-state index in [0.29, 0.717) is 17.1 Å². The first-order chi connectivity index (χ1) is 9.95. The number of carbonyl (C=O) groups is 2. The number of rotatable bonds is 5. The van der Waals surface area contributed by atoms with Gasteiger partial charge in [0, 0.05) is 6.08 Å². The highest BCUT2D eigenvalue weighted by molar-refractivity contribution is 8.26. The molecule has 2 heterocycles. The molecule has 5 nitrogen and oxygen atoms in total. The summed E-state index contributed by atoms with van der Waals surface area (Å²) in [6.07, 6.45) is 3.66. The van der Waals surface area contributed by atoms with Crippen LogP contribution in [0.1, 0.15) is 26.0 Å². The molecule has 1 aliphatic rings. The number of thioether (sulfide) groups is 1. The average Bonchev–Trinajstić information content (AvgIpc) is 3.02. The molecular weight excluding hydrogens is 310 g/mol. The maximum Gasteiger partial charge on any atom is 0.266 e. The quantitative estimate of drug-likeness (QED) is 0.605. The summed E-state index contributed by atoms with van der Waals surface area (Å²) in [5.74, 6) is -1.44. The van der Waals surface area contributed by atoms with Gasteiger partial charge in [-0.1, -0.05) is 44.2 Å². The monoisotopic (exact) mass is 324 g/mol. The van der Waals surface area contributed by atoms with Crippen molar-refractivity contribution in [3.05, 3.63) is 29.1 Å². The molecule has 0 N–H and O–H groups in total. The summed E-state index contributed by atoms with van der Waals surface area (Å²) >= 11 is 6.23. The van der Waals surface area contributed by atoms with Crippen LogP contribution in [-0.4, -0.2) is 27.1 Å². The lowest BCUT2D eigenvalue weighted by atomic mass is 9.98. The maximum atomic E-state index is 12.4. The number of hydrogen-bond donors (Lipinski definition) is 0. The minimum absolute atomic E-state index is 0.229. The summed E-state index contributed by atoms with van der Waals surface area (Å²) in [6.45, 7) is 3.62. The van der Waals surface area contributed by atoms with Crippen LogP contribution in [0.25, 0.3) is 6.08 Å². The zero-order chi connectivity index (χ0) is 15.6. The van der Waals surface area contributed by atoms with Gasteiger partial charge in [0.05, 0.1) is 23.2 Å². The molecule has 0 aromatic carbocycles. The standard InChI is InChI=1S/C14H15NO4S2/c1-3-8(2)11(13(17)18)15-12(16)10(21-14(15)20)7-9-5-4-6-19-9/h4-8,11H,3H2,1-2H3,(H,17,18)/p-1/b10-7+/t8-,11-/m1/s1. The number of furan rings is 1. The van der Waals surface area contributed by atoms with Crippen molar-refractivity contribution in [3.63, 3.8) is 0 Å². The number of thiocarbonyl (C=S) groups is 1. The Morgan fingerprint density at radius 3 is 2.86 bits per heavy atom. The Balaban J connectivity index is 2.31. The largest absolute Gasteiger partial charge is 0.548 e. The van der Waals surface area contributed by atoms with Crippen LogP contribution in [0.4, 0.5) is 0 Å². The Kier molecular flexibility index (Phi) is 4.84. The van der Waals surface area contributed by atoms with Crippen molar-refractivity contribution in [3.8, 4) is 0 Å². The lowest BCUT2D eigenvalue weighted by molar-refractivity contribution is -0.311. The molecule has 21 heavy (non-hydrogen) atoms. The Morgan fingerprint density at radius 1 is 1.62 bits per heavy atom. The van der Waals surface area contributed by atoms with Crippen molar-refractivity contribution in [2.24, 2.45) is 5.92 Å². The van der Waals surface area contributed by atoms with Gasteiger partial charge in [-0.2, -0.15) is 0 Å². The lowest BCUT2D eigenvalue weighted by Gasteiger charge is -2.32. The highest BCUT2D eigenvalue weighted by Gasteiger charge is 2.39. The molecule has 1 saturated heterocycles. The highest BCUT2D eigenvalue weighted by atomic mass is 32.2. The number of nitrogens with zero attached hydrogens (tertiary/aromatic N) is 1. The van der Waals surface area contributed by atoms with Gasteiger partial charge < -0.3 is 14.3 Å². The van der Waals surface area contributed by atoms with E-state index in [2.05, 4.69) is 0 Å². The van der Waals surface area contributed by atoms with Crippen LogP contribution < -0.4 is 5.11 Å². The first-order valence-corrected chi connectivity index (χ1v) is 7.69. The van der Waals surface area contributed by atoms with Crippen molar-refractivity contribution in [1.29, 1.82) is 0 Å². The molecule has 2 atom stereocenters. The number of amides is 1. The minimum Gasteiger partial charge on any atom is -0.548 e. The average molecular weight is 324 g/mol. The number of carboxylic acids is 1. The molecule has 1 amide bonds. The van der Waals surface area contributed by atoms with Crippen LogP contribution in [0, 0.1) is 5.92 Å². The molecule has 0 saturated carbocycles. The van der Waals surface area contributed by atoms with Crippen molar-refractivity contribution >= 4 is 46.3 Å². The van der Waals surface area contributed by atoms with Crippen molar-refractivity contribution in [2.75, 3.05) is 0 Å². The summed E-state index contributed by atoms with van der Waals surface area (Å²) in [6, 6.07) is 2.36. The molecule has 0 bridgehead atoms. The van der Waals surface area contributed by atoms with E-state index >= 15 is 0 Å². The van der Waals surface area contributed by atoms with Crippen LogP contribution >= 0.6 is 24.0 Å². The van der Waals surface area contributed by atoms with Gasteiger partial charge in [0.15, 0.2) is 0 Å². The number of carbonyl (C=O) groups excluding carboxylic acids is 2. The van der Waals surface area contributed by atoms with Crippen molar-refractivity contribution in [2.45, 2.75) is 26.3 Å². The van der Waals surface area contributed by atoms with E-state index in [1.54, 1.807) is 25.1 Å². The lowest BCUT2D eigenvalue weighted by Crippen LogP contribution is -2.53. The zero-order valence-corrected chi connectivity index (χ0v) is 13.2. The van der Waals surface area contributed by atoms with E-state index in [1.165, 1.54) is 6.26 Å². The first kappa shape index (κ1) is 15.8. The first-order valence-electron chi connectivity index (χ1n) is 6.47. The highest BCUT2D eigenvalue weighted by Crippen LogP contribution is 2.35. The van der Waals surface area contributed by atoms with E-state index in [1.807, 2.05) is 6.92 Å². The summed E-state index contributed by atoms with van der Waals surface area (Å²) in [5.41, 5.74) is 0. The van der Waals surface area contributed by atoms with Gasteiger partial charge in [-0.3, -0.25) is 9.69 Å². The van der Waals surface area contributed by atoms with Gasteiger partial charge in [-0.15, -0.1) is 0 Å². The number of carboxylic acid groups (broad SMARTS) is 1. The van der Waals surface area contributed by atoms with Crippen molar-refractivity contribution < 1.29 is 19.1 Å². The molecule has 1 aromatic rings. The van der Waals surface area contributed by atoms with E-state index in [-0.39, 0.29) is 10.2 Å². The van der Waals surface area contributed by atoms with E-state index in [9.17, 15) is 14.7 Å². The fraction of sp³-hybridized carbons (Fsp3) is 0.357. The summed E-state index contributed by atoms with van der Waals surface area (Å²) in [5, 5.41) is 11.4. The van der Waals surface area contributed by atoms with Crippen LogP contribution in [-0.2, 0) is 9.59 Å². The molecule has 112 valence electrons. The predicted molar refractivity (Wildman–Crippen MR) is 82.0 cm³/mol. The Morgan fingerprint density at radius 2 is 2.33 bits per heavy atom. The minimum atomic E-state index is -1.29. The molecule has 7 heteroatoms. The third kappa shape index (κ3) is 3.19. The SMILES string of the molecule is CC[C@@H](C)[C@H](C(=O)[O-])N1C(=O)/C(=C\c2ccco2)SC1=S. The second kappa shape index (κ2) is 6.44. The summed E-state index contributed by atoms with van der Waals surface area (Å²) in [4.78, 5) is 25.3. The third-order valence-corrected chi connectivity index (χ3v) is 4.67. The van der Waals surface area contributed by atoms with E-state index < -0.39 is 17.9 Å². The Labute approximate surface area is 132 Å². The smallest absolute Gasteiger partial charge is 0.266 e. The van der Waals surface area contributed by atoms with Crippen LogP contribution in [0.3, 0.4) is 0 Å². The molecule has 0 aliphatic carbocycles. The fourth-order valence-corrected chi connectivity index (χ4v) is 3.35.